The van der Waals surface area contributed by atoms with E-state index in [2.05, 4.69) is 10.3 Å². The molecule has 1 saturated heterocycles. The Morgan fingerprint density at radius 3 is 2.60 bits per heavy atom. The van der Waals surface area contributed by atoms with Crippen LogP contribution in [0, 0.1) is 0 Å². The smallest absolute Gasteiger partial charge is 0.341 e. The molecule has 1 aliphatic heterocycles. The summed E-state index contributed by atoms with van der Waals surface area (Å²) in [5.41, 5.74) is 0.454. The summed E-state index contributed by atoms with van der Waals surface area (Å²) < 4.78 is 5.06. The van der Waals surface area contributed by atoms with Gasteiger partial charge in [-0.2, -0.15) is 0 Å². The number of benzene rings is 1. The Balaban J connectivity index is 1.62. The van der Waals surface area contributed by atoms with E-state index in [-0.39, 0.29) is 28.8 Å². The molecule has 1 aliphatic rings. The Hall–Kier alpha value is -2.62. The molecule has 1 aromatic carbocycles. The van der Waals surface area contributed by atoms with Crippen LogP contribution in [0.2, 0.25) is 10.0 Å². The molecule has 0 spiro atoms. The summed E-state index contributed by atoms with van der Waals surface area (Å²) in [5.74, 6) is -2.02. The minimum atomic E-state index is -0.782. The van der Waals surface area contributed by atoms with Gasteiger partial charge >= 0.3 is 5.97 Å². The number of amides is 3. The fourth-order valence-electron chi connectivity index (χ4n) is 2.62. The third-order valence-electron chi connectivity index (χ3n) is 4.07. The maximum atomic E-state index is 12.5. The molecule has 156 valence electrons. The number of halogens is 2. The Morgan fingerprint density at radius 1 is 1.27 bits per heavy atom. The van der Waals surface area contributed by atoms with Gasteiger partial charge in [0.15, 0.2) is 6.61 Å². The predicted octanol–water partition coefficient (Wildman–Crippen LogP) is 3.03. The van der Waals surface area contributed by atoms with Crippen molar-refractivity contribution in [3.63, 3.8) is 0 Å². The van der Waals surface area contributed by atoms with E-state index in [4.69, 9.17) is 27.9 Å². The van der Waals surface area contributed by atoms with Crippen molar-refractivity contribution in [2.24, 2.45) is 0 Å². The number of hydrogen-bond acceptors (Lipinski definition) is 7. The number of nitrogens with zero attached hydrogens (tertiary/aromatic N) is 2. The van der Waals surface area contributed by atoms with E-state index in [9.17, 15) is 19.2 Å². The average molecular weight is 468 g/mol. The fourth-order valence-corrected chi connectivity index (χ4v) is 4.30. The summed E-state index contributed by atoms with van der Waals surface area (Å²) in [5, 5.41) is 2.79. The molecule has 3 amide bonds. The van der Waals surface area contributed by atoms with Crippen LogP contribution in [0.4, 0.5) is 5.69 Å². The first-order valence-corrected chi connectivity index (χ1v) is 10.2. The number of nitrogens with one attached hydrogen (secondary N) is 1. The second-order valence-corrected chi connectivity index (χ2v) is 8.30. The molecule has 11 heteroatoms. The van der Waals surface area contributed by atoms with Gasteiger partial charge in [-0.25, -0.2) is 9.78 Å². The molecular weight excluding hydrogens is 453 g/mol. The summed E-state index contributed by atoms with van der Waals surface area (Å²) in [6, 6.07) is 7.51. The van der Waals surface area contributed by atoms with Crippen LogP contribution >= 0.6 is 35.0 Å². The number of thioether (sulfide) groups is 1. The van der Waals surface area contributed by atoms with Crippen LogP contribution < -0.4 is 5.32 Å². The Morgan fingerprint density at radius 2 is 1.97 bits per heavy atom. The molecular formula is C19H15Cl2N3O5S. The van der Waals surface area contributed by atoms with Gasteiger partial charge in [-0.15, -0.1) is 0 Å². The van der Waals surface area contributed by atoms with Crippen LogP contribution in [0.15, 0.2) is 41.6 Å². The second kappa shape index (κ2) is 9.46. The number of aromatic nitrogens is 1. The van der Waals surface area contributed by atoms with E-state index in [0.717, 1.165) is 16.7 Å². The molecule has 0 bridgehead atoms. The van der Waals surface area contributed by atoms with Gasteiger partial charge in [-0.05, 0) is 30.3 Å². The zero-order chi connectivity index (χ0) is 21.8. The number of imide groups is 1. The van der Waals surface area contributed by atoms with Crippen molar-refractivity contribution in [1.82, 2.24) is 9.88 Å². The van der Waals surface area contributed by atoms with E-state index in [1.54, 1.807) is 0 Å². The largest absolute Gasteiger partial charge is 0.452 e. The highest BCUT2D eigenvalue weighted by Gasteiger charge is 2.37. The lowest BCUT2D eigenvalue weighted by Crippen LogP contribution is -2.26. The Labute approximate surface area is 185 Å². The van der Waals surface area contributed by atoms with Crippen molar-refractivity contribution in [1.29, 1.82) is 0 Å². The quantitative estimate of drug-likeness (QED) is 0.513. The fraction of sp³-hybridized carbons (Fsp3) is 0.211. The second-order valence-electron chi connectivity index (χ2n) is 6.24. The molecule has 0 radical (unpaired) electrons. The third kappa shape index (κ3) is 5.29. The lowest BCUT2D eigenvalue weighted by atomic mass is 10.3. The van der Waals surface area contributed by atoms with Gasteiger partial charge in [-0.3, -0.25) is 19.3 Å². The Kier molecular flexibility index (Phi) is 6.96. The highest BCUT2D eigenvalue weighted by molar-refractivity contribution is 8.00. The zero-order valence-corrected chi connectivity index (χ0v) is 17.9. The molecule has 0 saturated carbocycles. The van der Waals surface area contributed by atoms with E-state index in [0.29, 0.717) is 15.7 Å². The van der Waals surface area contributed by atoms with Crippen molar-refractivity contribution in [2.75, 3.05) is 19.0 Å². The van der Waals surface area contributed by atoms with E-state index in [1.807, 2.05) is 0 Å². The number of pyridine rings is 1. The van der Waals surface area contributed by atoms with Crippen molar-refractivity contribution < 1.29 is 23.9 Å². The van der Waals surface area contributed by atoms with Crippen LogP contribution in [-0.2, 0) is 19.1 Å². The maximum absolute atomic E-state index is 12.5. The third-order valence-corrected chi connectivity index (χ3v) is 5.70. The number of hydrogen-bond donors (Lipinski definition) is 1. The van der Waals surface area contributed by atoms with E-state index in [1.165, 1.54) is 43.6 Å². The first-order valence-electron chi connectivity index (χ1n) is 8.59. The van der Waals surface area contributed by atoms with Crippen LogP contribution in [0.3, 0.4) is 0 Å². The van der Waals surface area contributed by atoms with Gasteiger partial charge in [0.05, 0.1) is 10.8 Å². The number of carbonyl (C=O) groups excluding carboxylic acids is 4. The first kappa shape index (κ1) is 22.1. The topological polar surface area (TPSA) is 106 Å². The number of likely N-dealkylation sites (tertiary alicyclic amines) is 1. The van der Waals surface area contributed by atoms with Crippen molar-refractivity contribution >= 4 is 64.3 Å². The molecule has 3 rings (SSSR count). The van der Waals surface area contributed by atoms with Gasteiger partial charge in [0, 0.05) is 35.4 Å². The number of anilines is 1. The molecule has 1 fully saturated rings. The van der Waals surface area contributed by atoms with Gasteiger partial charge in [0.1, 0.15) is 5.03 Å². The molecule has 1 N–H and O–H groups in total. The molecule has 1 unspecified atom stereocenters. The number of ether oxygens (including phenoxy) is 1. The van der Waals surface area contributed by atoms with E-state index >= 15 is 0 Å². The molecule has 1 aromatic heterocycles. The molecule has 30 heavy (non-hydrogen) atoms. The predicted molar refractivity (Wildman–Crippen MR) is 112 cm³/mol. The van der Waals surface area contributed by atoms with Crippen LogP contribution in [0.25, 0.3) is 0 Å². The van der Waals surface area contributed by atoms with E-state index < -0.39 is 23.7 Å². The van der Waals surface area contributed by atoms with Crippen LogP contribution in [0.5, 0.6) is 0 Å². The molecule has 1 atom stereocenters. The summed E-state index contributed by atoms with van der Waals surface area (Å²) >= 11 is 12.8. The monoisotopic (exact) mass is 467 g/mol. The maximum Gasteiger partial charge on any atom is 0.341 e. The lowest BCUT2D eigenvalue weighted by Gasteiger charge is -2.11. The number of carbonyl (C=O) groups is 4. The van der Waals surface area contributed by atoms with Crippen LogP contribution in [0.1, 0.15) is 16.8 Å². The van der Waals surface area contributed by atoms with Gasteiger partial charge < -0.3 is 10.1 Å². The number of esters is 1. The van der Waals surface area contributed by atoms with Gasteiger partial charge in [-0.1, -0.05) is 35.0 Å². The van der Waals surface area contributed by atoms with Gasteiger partial charge in [0.25, 0.3) is 5.91 Å². The first-order chi connectivity index (χ1) is 14.2. The minimum absolute atomic E-state index is 0.0235. The highest BCUT2D eigenvalue weighted by atomic mass is 35.5. The highest BCUT2D eigenvalue weighted by Crippen LogP contribution is 2.31. The average Bonchev–Trinajstić information content (AvgIpc) is 2.92. The summed E-state index contributed by atoms with van der Waals surface area (Å²) in [4.78, 5) is 53.5. The zero-order valence-electron chi connectivity index (χ0n) is 15.6. The summed E-state index contributed by atoms with van der Waals surface area (Å²) in [6.45, 7) is -0.550. The minimum Gasteiger partial charge on any atom is -0.452 e. The molecule has 8 nitrogen and oxygen atoms in total. The normalized spacial score (nSPS) is 16.0. The van der Waals surface area contributed by atoms with Crippen LogP contribution in [-0.4, -0.2) is 52.5 Å². The molecule has 0 aliphatic carbocycles. The Bertz CT molecular complexity index is 1010. The van der Waals surface area contributed by atoms with Gasteiger partial charge in [0.2, 0.25) is 11.8 Å². The summed E-state index contributed by atoms with van der Waals surface area (Å²) in [7, 11) is 1.41. The SMILES string of the molecule is CN1C(=O)CC(Sc2ncccc2C(=O)OCC(=O)Nc2cc(Cl)cc(Cl)c2)C1=O. The van der Waals surface area contributed by atoms with Crippen molar-refractivity contribution in [3.8, 4) is 0 Å². The lowest BCUT2D eigenvalue weighted by molar-refractivity contribution is -0.136. The standard InChI is InChI=1S/C19H15Cl2N3O5S/c1-24-16(26)8-14(18(24)27)30-17-13(3-2-4-22-17)19(28)29-9-15(25)23-12-6-10(20)5-11(21)7-12/h2-7,14H,8-9H2,1H3,(H,23,25). The molecule has 2 aromatic rings. The van der Waals surface area contributed by atoms with Crippen molar-refractivity contribution in [2.45, 2.75) is 16.7 Å². The number of rotatable bonds is 6. The molecule has 2 heterocycles. The summed E-state index contributed by atoms with van der Waals surface area (Å²) in [6.07, 6.45) is 1.48. The van der Waals surface area contributed by atoms with Crippen molar-refractivity contribution in [3.05, 3.63) is 52.1 Å².